The molecule has 4 rings (SSSR count). The van der Waals surface area contributed by atoms with Crippen LogP contribution in [0.4, 0.5) is 0 Å². The van der Waals surface area contributed by atoms with Crippen molar-refractivity contribution in [2.24, 2.45) is 0 Å². The van der Waals surface area contributed by atoms with Gasteiger partial charge in [0, 0.05) is 27.7 Å². The molecule has 0 aliphatic carbocycles. The van der Waals surface area contributed by atoms with Crippen LogP contribution < -0.4 is 0 Å². The molecule has 0 aliphatic heterocycles. The maximum absolute atomic E-state index is 12.6. The Kier molecular flexibility index (Phi) is 5.66. The maximum Gasteiger partial charge on any atom is 0.309 e. The van der Waals surface area contributed by atoms with Crippen molar-refractivity contribution in [2.45, 2.75) is 6.42 Å². The SMILES string of the molecule is COC(=O)Cc1ccc(-c2cc(Cl)cc(-c3cc4ccncc4n3S(C)(=O)=O)c2O)cc1. The van der Waals surface area contributed by atoms with E-state index >= 15 is 0 Å². The van der Waals surface area contributed by atoms with Gasteiger partial charge in [-0.05, 0) is 35.4 Å². The molecule has 0 atom stereocenters. The molecule has 0 bridgehead atoms. The van der Waals surface area contributed by atoms with Gasteiger partial charge in [0.1, 0.15) is 5.75 Å². The summed E-state index contributed by atoms with van der Waals surface area (Å²) in [7, 11) is -2.39. The quantitative estimate of drug-likeness (QED) is 0.438. The lowest BCUT2D eigenvalue weighted by Crippen LogP contribution is -2.11. The maximum atomic E-state index is 12.6. The lowest BCUT2D eigenvalue weighted by atomic mass is 9.98. The fourth-order valence-corrected chi connectivity index (χ4v) is 4.86. The Balaban J connectivity index is 1.88. The zero-order chi connectivity index (χ0) is 23.0. The first-order valence-electron chi connectivity index (χ1n) is 9.54. The minimum absolute atomic E-state index is 0.115. The second kappa shape index (κ2) is 8.29. The van der Waals surface area contributed by atoms with Crippen molar-refractivity contribution in [3.8, 4) is 28.1 Å². The highest BCUT2D eigenvalue weighted by Crippen LogP contribution is 2.42. The van der Waals surface area contributed by atoms with E-state index in [4.69, 9.17) is 11.6 Å². The number of esters is 1. The highest BCUT2D eigenvalue weighted by molar-refractivity contribution is 7.89. The molecule has 0 radical (unpaired) electrons. The minimum Gasteiger partial charge on any atom is -0.507 e. The third-order valence-electron chi connectivity index (χ3n) is 5.09. The van der Waals surface area contributed by atoms with Crippen molar-refractivity contribution < 1.29 is 23.1 Å². The number of pyridine rings is 1. The van der Waals surface area contributed by atoms with Crippen molar-refractivity contribution in [3.05, 3.63) is 71.5 Å². The van der Waals surface area contributed by atoms with E-state index in [0.717, 1.165) is 15.8 Å². The van der Waals surface area contributed by atoms with Gasteiger partial charge in [0.25, 0.3) is 0 Å². The largest absolute Gasteiger partial charge is 0.507 e. The molecule has 32 heavy (non-hydrogen) atoms. The summed E-state index contributed by atoms with van der Waals surface area (Å²) in [6.07, 6.45) is 4.25. The Morgan fingerprint density at radius 3 is 2.47 bits per heavy atom. The number of aromatic hydroxyl groups is 1. The van der Waals surface area contributed by atoms with E-state index in [1.165, 1.54) is 19.4 Å². The van der Waals surface area contributed by atoms with Crippen LogP contribution in [-0.4, -0.2) is 41.8 Å². The molecule has 7 nitrogen and oxygen atoms in total. The number of ether oxygens (including phenoxy) is 1. The molecular weight excluding hydrogens is 452 g/mol. The first-order chi connectivity index (χ1) is 15.2. The molecule has 9 heteroatoms. The molecule has 0 saturated carbocycles. The number of carbonyl (C=O) groups excluding carboxylic acids is 1. The summed E-state index contributed by atoms with van der Waals surface area (Å²) in [5, 5.41) is 12.1. The molecule has 2 heterocycles. The molecule has 0 spiro atoms. The number of hydrogen-bond donors (Lipinski definition) is 1. The Morgan fingerprint density at radius 2 is 1.81 bits per heavy atom. The van der Waals surface area contributed by atoms with Crippen LogP contribution in [0.1, 0.15) is 5.56 Å². The van der Waals surface area contributed by atoms with Crippen LogP contribution >= 0.6 is 11.6 Å². The Bertz CT molecular complexity index is 1440. The van der Waals surface area contributed by atoms with Crippen LogP contribution in [0.25, 0.3) is 33.3 Å². The molecular formula is C23H19ClN2O5S. The van der Waals surface area contributed by atoms with E-state index in [9.17, 15) is 18.3 Å². The van der Waals surface area contributed by atoms with Crippen molar-refractivity contribution in [1.82, 2.24) is 8.96 Å². The summed E-state index contributed by atoms with van der Waals surface area (Å²) in [5.41, 5.74) is 2.79. The summed E-state index contributed by atoms with van der Waals surface area (Å²) >= 11 is 6.36. The normalized spacial score (nSPS) is 11.6. The number of carbonyl (C=O) groups is 1. The number of phenolic OH excluding ortho intramolecular Hbond substituents is 1. The third kappa shape index (κ3) is 4.06. The topological polar surface area (TPSA) is 98.5 Å². The molecule has 0 aliphatic rings. The van der Waals surface area contributed by atoms with Crippen molar-refractivity contribution in [1.29, 1.82) is 0 Å². The van der Waals surface area contributed by atoms with Crippen LogP contribution in [0.2, 0.25) is 5.02 Å². The standard InChI is InChI=1S/C23H19ClN2O5S/c1-31-22(27)9-14-3-5-15(6-4-14)18-11-17(24)12-19(23(18)28)20-10-16-7-8-25-13-21(16)26(20)32(2,29)30/h3-8,10-13,28H,9H2,1-2H3. The first kappa shape index (κ1) is 21.9. The van der Waals surface area contributed by atoms with Gasteiger partial charge in [-0.25, -0.2) is 12.4 Å². The van der Waals surface area contributed by atoms with Gasteiger partial charge in [-0.2, -0.15) is 0 Å². The summed E-state index contributed by atoms with van der Waals surface area (Å²) in [4.78, 5) is 15.5. The Hall–Kier alpha value is -3.36. The monoisotopic (exact) mass is 470 g/mol. The van der Waals surface area contributed by atoms with Crippen molar-refractivity contribution >= 4 is 38.5 Å². The van der Waals surface area contributed by atoms with Gasteiger partial charge in [-0.15, -0.1) is 0 Å². The van der Waals surface area contributed by atoms with Gasteiger partial charge >= 0.3 is 5.97 Å². The summed E-state index contributed by atoms with van der Waals surface area (Å²) in [6, 6.07) is 13.5. The van der Waals surface area contributed by atoms with Crippen LogP contribution in [0.15, 0.2) is 60.9 Å². The molecule has 2 aromatic carbocycles. The smallest absolute Gasteiger partial charge is 0.309 e. The van der Waals surface area contributed by atoms with Gasteiger partial charge in [0.05, 0.1) is 37.2 Å². The summed E-state index contributed by atoms with van der Waals surface area (Å²) in [6.45, 7) is 0. The van der Waals surface area contributed by atoms with E-state index in [0.29, 0.717) is 27.1 Å². The van der Waals surface area contributed by atoms with Crippen LogP contribution in [-0.2, 0) is 26.0 Å². The highest BCUT2D eigenvalue weighted by Gasteiger charge is 2.22. The molecule has 0 saturated heterocycles. The average Bonchev–Trinajstić information content (AvgIpc) is 3.15. The molecule has 0 fully saturated rings. The second-order valence-electron chi connectivity index (χ2n) is 7.29. The number of halogens is 1. The van der Waals surface area contributed by atoms with Gasteiger partial charge in [0.2, 0.25) is 10.0 Å². The number of rotatable bonds is 5. The predicted molar refractivity (Wildman–Crippen MR) is 123 cm³/mol. The van der Waals surface area contributed by atoms with Crippen LogP contribution in [0.5, 0.6) is 5.75 Å². The van der Waals surface area contributed by atoms with E-state index < -0.39 is 10.0 Å². The van der Waals surface area contributed by atoms with Gasteiger partial charge < -0.3 is 9.84 Å². The second-order valence-corrected chi connectivity index (χ2v) is 9.56. The molecule has 0 amide bonds. The van der Waals surface area contributed by atoms with E-state index in [1.807, 2.05) is 0 Å². The highest BCUT2D eigenvalue weighted by atomic mass is 35.5. The Morgan fingerprint density at radius 1 is 1.12 bits per heavy atom. The molecule has 2 aromatic heterocycles. The van der Waals surface area contributed by atoms with Gasteiger partial charge in [-0.1, -0.05) is 35.9 Å². The number of hydrogen-bond acceptors (Lipinski definition) is 6. The average molecular weight is 471 g/mol. The molecule has 1 N–H and O–H groups in total. The summed E-state index contributed by atoms with van der Waals surface area (Å²) < 4.78 is 31.0. The number of fused-ring (bicyclic) bond motifs is 1. The molecule has 0 unspecified atom stereocenters. The lowest BCUT2D eigenvalue weighted by Gasteiger charge is -2.14. The summed E-state index contributed by atoms with van der Waals surface area (Å²) in [5.74, 6) is -0.468. The van der Waals surface area contributed by atoms with Gasteiger partial charge in [0.15, 0.2) is 0 Å². The van der Waals surface area contributed by atoms with E-state index in [-0.39, 0.29) is 29.4 Å². The third-order valence-corrected chi connectivity index (χ3v) is 6.36. The van der Waals surface area contributed by atoms with Crippen molar-refractivity contribution in [2.75, 3.05) is 13.4 Å². The van der Waals surface area contributed by atoms with Crippen LogP contribution in [0.3, 0.4) is 0 Å². The Labute approximate surface area is 189 Å². The van der Waals surface area contributed by atoms with E-state index in [1.54, 1.807) is 48.7 Å². The molecule has 164 valence electrons. The fourth-order valence-electron chi connectivity index (χ4n) is 3.62. The molecule has 4 aromatic rings. The zero-order valence-corrected chi connectivity index (χ0v) is 18.8. The number of methoxy groups -OCH3 is 1. The van der Waals surface area contributed by atoms with Crippen molar-refractivity contribution in [3.63, 3.8) is 0 Å². The fraction of sp³-hybridized carbons (Fsp3) is 0.130. The van der Waals surface area contributed by atoms with Crippen LogP contribution in [0, 0.1) is 0 Å². The number of aromatic nitrogens is 2. The minimum atomic E-state index is -3.71. The first-order valence-corrected chi connectivity index (χ1v) is 11.8. The number of benzene rings is 2. The van der Waals surface area contributed by atoms with E-state index in [2.05, 4.69) is 9.72 Å². The number of nitrogens with zero attached hydrogens (tertiary/aromatic N) is 2. The number of phenols is 1. The lowest BCUT2D eigenvalue weighted by molar-refractivity contribution is -0.139. The van der Waals surface area contributed by atoms with Gasteiger partial charge in [-0.3, -0.25) is 9.78 Å². The zero-order valence-electron chi connectivity index (χ0n) is 17.2. The predicted octanol–water partition coefficient (Wildman–Crippen LogP) is 4.25.